The van der Waals surface area contributed by atoms with Gasteiger partial charge in [0.1, 0.15) is 0 Å². The van der Waals surface area contributed by atoms with Crippen molar-refractivity contribution in [3.63, 3.8) is 0 Å². The van der Waals surface area contributed by atoms with E-state index in [2.05, 4.69) is 22.0 Å². The van der Waals surface area contributed by atoms with Crippen molar-refractivity contribution < 1.29 is 4.79 Å². The molecular weight excluding hydrogens is 417 g/mol. The molecule has 0 bridgehead atoms. The Balaban J connectivity index is 0.00000288. The molecule has 0 aromatic rings. The molecule has 0 aromatic carbocycles. The first-order chi connectivity index (χ1) is 11.2. The average Bonchev–Trinajstić information content (AvgIpc) is 3.07. The summed E-state index contributed by atoms with van der Waals surface area (Å²) in [5.74, 6) is 1.19. The van der Waals surface area contributed by atoms with E-state index < -0.39 is 0 Å². The van der Waals surface area contributed by atoms with Gasteiger partial charge in [0, 0.05) is 46.2 Å². The molecule has 2 saturated heterocycles. The molecule has 0 aliphatic carbocycles. The fourth-order valence-corrected chi connectivity index (χ4v) is 3.30. The molecule has 140 valence electrons. The number of hydrogen-bond donors (Lipinski definition) is 1. The second-order valence-electron chi connectivity index (χ2n) is 6.48. The Kier molecular flexibility index (Phi) is 10.6. The highest BCUT2D eigenvalue weighted by Crippen LogP contribution is 2.08. The molecule has 1 amide bonds. The molecule has 0 unspecified atom stereocenters. The lowest BCUT2D eigenvalue weighted by atomic mass is 10.3. The summed E-state index contributed by atoms with van der Waals surface area (Å²) in [6.45, 7) is 12.7. The van der Waals surface area contributed by atoms with Gasteiger partial charge in [-0.2, -0.15) is 0 Å². The number of carbonyl (C=O) groups excluding carboxylic acids is 1. The molecule has 24 heavy (non-hydrogen) atoms. The summed E-state index contributed by atoms with van der Waals surface area (Å²) in [5.41, 5.74) is 0. The first kappa shape index (κ1) is 21.5. The number of amides is 1. The van der Waals surface area contributed by atoms with Crippen LogP contribution in [0.3, 0.4) is 0 Å². The molecular formula is C17H34IN5O. The normalized spacial score (nSPS) is 19.3. The molecule has 2 fully saturated rings. The predicted octanol–water partition coefficient (Wildman–Crippen LogP) is 1.61. The van der Waals surface area contributed by atoms with Crippen LogP contribution in [0.2, 0.25) is 0 Å². The van der Waals surface area contributed by atoms with E-state index in [4.69, 9.17) is 4.99 Å². The Hall–Kier alpha value is -0.570. The molecule has 1 N–H and O–H groups in total. The van der Waals surface area contributed by atoms with E-state index in [1.165, 1.54) is 38.9 Å². The van der Waals surface area contributed by atoms with Crippen molar-refractivity contribution in [3.05, 3.63) is 0 Å². The maximum absolute atomic E-state index is 11.4. The molecule has 2 aliphatic heterocycles. The standard InChI is InChI=1S/C17H33N5O.HI/c1-3-18-17(22-14-12-21(13-15-22)16(2)23)19-8-4-5-9-20-10-6-7-11-20;/h3-15H2,1-2H3,(H,18,19);1H. The summed E-state index contributed by atoms with van der Waals surface area (Å²) in [4.78, 5) is 23.0. The van der Waals surface area contributed by atoms with Crippen molar-refractivity contribution in [1.29, 1.82) is 0 Å². The fraction of sp³-hybridized carbons (Fsp3) is 0.882. The Morgan fingerprint density at radius 3 is 2.21 bits per heavy atom. The van der Waals surface area contributed by atoms with Gasteiger partial charge < -0.3 is 20.0 Å². The first-order valence-corrected chi connectivity index (χ1v) is 9.22. The lowest BCUT2D eigenvalue weighted by molar-refractivity contribution is -0.130. The van der Waals surface area contributed by atoms with E-state index in [1.807, 2.05) is 4.90 Å². The van der Waals surface area contributed by atoms with Crippen LogP contribution in [0.15, 0.2) is 4.99 Å². The summed E-state index contributed by atoms with van der Waals surface area (Å²) in [7, 11) is 0. The number of aliphatic imine (C=N–C) groups is 1. The topological polar surface area (TPSA) is 51.2 Å². The van der Waals surface area contributed by atoms with Crippen LogP contribution < -0.4 is 5.32 Å². The maximum Gasteiger partial charge on any atom is 0.219 e. The van der Waals surface area contributed by atoms with Crippen molar-refractivity contribution in [2.75, 3.05) is 58.9 Å². The lowest BCUT2D eigenvalue weighted by Crippen LogP contribution is -2.53. The third kappa shape index (κ3) is 7.13. The number of unbranched alkanes of at least 4 members (excludes halogenated alkanes) is 1. The van der Waals surface area contributed by atoms with E-state index in [0.29, 0.717) is 0 Å². The van der Waals surface area contributed by atoms with Gasteiger partial charge in [-0.25, -0.2) is 0 Å². The number of rotatable bonds is 6. The predicted molar refractivity (Wildman–Crippen MR) is 110 cm³/mol. The van der Waals surface area contributed by atoms with Gasteiger partial charge >= 0.3 is 0 Å². The Morgan fingerprint density at radius 1 is 1.00 bits per heavy atom. The zero-order valence-corrected chi connectivity index (χ0v) is 17.6. The highest BCUT2D eigenvalue weighted by Gasteiger charge is 2.20. The number of nitrogens with one attached hydrogen (secondary N) is 1. The monoisotopic (exact) mass is 451 g/mol. The number of halogens is 1. The summed E-state index contributed by atoms with van der Waals surface area (Å²) in [6.07, 6.45) is 5.13. The van der Waals surface area contributed by atoms with Crippen LogP contribution in [-0.2, 0) is 4.79 Å². The van der Waals surface area contributed by atoms with Crippen LogP contribution in [0.4, 0.5) is 0 Å². The smallest absolute Gasteiger partial charge is 0.219 e. The van der Waals surface area contributed by atoms with Crippen LogP contribution in [0.1, 0.15) is 39.5 Å². The highest BCUT2D eigenvalue weighted by molar-refractivity contribution is 14.0. The second-order valence-corrected chi connectivity index (χ2v) is 6.48. The number of hydrogen-bond acceptors (Lipinski definition) is 3. The minimum absolute atomic E-state index is 0. The van der Waals surface area contributed by atoms with Gasteiger partial charge in [0.25, 0.3) is 0 Å². The molecule has 0 saturated carbocycles. The number of guanidine groups is 1. The van der Waals surface area contributed by atoms with Crippen LogP contribution in [0.25, 0.3) is 0 Å². The molecule has 6 nitrogen and oxygen atoms in total. The molecule has 2 heterocycles. The van der Waals surface area contributed by atoms with E-state index in [0.717, 1.165) is 51.6 Å². The number of likely N-dealkylation sites (tertiary alicyclic amines) is 1. The van der Waals surface area contributed by atoms with E-state index in [9.17, 15) is 4.79 Å². The molecule has 0 aromatic heterocycles. The van der Waals surface area contributed by atoms with Gasteiger partial charge in [0.05, 0.1) is 0 Å². The van der Waals surface area contributed by atoms with Crippen molar-refractivity contribution >= 4 is 35.8 Å². The van der Waals surface area contributed by atoms with E-state index >= 15 is 0 Å². The third-order valence-corrected chi connectivity index (χ3v) is 4.70. The Bertz CT molecular complexity index is 390. The minimum Gasteiger partial charge on any atom is -0.357 e. The number of nitrogens with zero attached hydrogens (tertiary/aromatic N) is 4. The Morgan fingerprint density at radius 2 is 1.62 bits per heavy atom. The van der Waals surface area contributed by atoms with Crippen LogP contribution in [0.5, 0.6) is 0 Å². The van der Waals surface area contributed by atoms with E-state index in [-0.39, 0.29) is 29.9 Å². The molecule has 7 heteroatoms. The second kappa shape index (κ2) is 11.9. The SMILES string of the molecule is CCNC(=NCCCCN1CCCC1)N1CCN(C(C)=O)CC1.I. The average molecular weight is 451 g/mol. The fourth-order valence-electron chi connectivity index (χ4n) is 3.30. The third-order valence-electron chi connectivity index (χ3n) is 4.70. The molecule has 2 rings (SSSR count). The molecule has 0 radical (unpaired) electrons. The van der Waals surface area contributed by atoms with Crippen molar-refractivity contribution in [1.82, 2.24) is 20.0 Å². The number of carbonyl (C=O) groups is 1. The molecule has 2 aliphatic rings. The van der Waals surface area contributed by atoms with Crippen molar-refractivity contribution in [2.45, 2.75) is 39.5 Å². The zero-order valence-electron chi connectivity index (χ0n) is 15.3. The quantitative estimate of drug-likeness (QED) is 0.289. The van der Waals surface area contributed by atoms with Gasteiger partial charge in [0.2, 0.25) is 5.91 Å². The zero-order chi connectivity index (χ0) is 16.5. The first-order valence-electron chi connectivity index (χ1n) is 9.22. The van der Waals surface area contributed by atoms with Gasteiger partial charge in [-0.1, -0.05) is 0 Å². The van der Waals surface area contributed by atoms with Crippen LogP contribution in [-0.4, -0.2) is 85.5 Å². The van der Waals surface area contributed by atoms with Crippen molar-refractivity contribution in [2.24, 2.45) is 4.99 Å². The molecule has 0 spiro atoms. The highest BCUT2D eigenvalue weighted by atomic mass is 127. The maximum atomic E-state index is 11.4. The largest absolute Gasteiger partial charge is 0.357 e. The molecule has 0 atom stereocenters. The van der Waals surface area contributed by atoms with Crippen LogP contribution in [0, 0.1) is 0 Å². The van der Waals surface area contributed by atoms with E-state index in [1.54, 1.807) is 6.92 Å². The summed E-state index contributed by atoms with van der Waals surface area (Å²) >= 11 is 0. The lowest BCUT2D eigenvalue weighted by Gasteiger charge is -2.36. The summed E-state index contributed by atoms with van der Waals surface area (Å²) in [5, 5.41) is 3.39. The van der Waals surface area contributed by atoms with Crippen molar-refractivity contribution in [3.8, 4) is 0 Å². The van der Waals surface area contributed by atoms with Gasteiger partial charge in [-0.15, -0.1) is 24.0 Å². The van der Waals surface area contributed by atoms with Gasteiger partial charge in [0.15, 0.2) is 5.96 Å². The summed E-state index contributed by atoms with van der Waals surface area (Å²) in [6, 6.07) is 0. The Labute approximate surface area is 164 Å². The van der Waals surface area contributed by atoms with Gasteiger partial charge in [-0.05, 0) is 52.2 Å². The summed E-state index contributed by atoms with van der Waals surface area (Å²) < 4.78 is 0. The van der Waals surface area contributed by atoms with Crippen LogP contribution >= 0.6 is 24.0 Å². The van der Waals surface area contributed by atoms with Gasteiger partial charge in [-0.3, -0.25) is 9.79 Å². The number of piperazine rings is 1. The minimum atomic E-state index is 0.